The number of nitrogens with one attached hydrogen (secondary N) is 1. The second-order valence-corrected chi connectivity index (χ2v) is 4.52. The highest BCUT2D eigenvalue weighted by molar-refractivity contribution is 6.33. The van der Waals surface area contributed by atoms with Crippen molar-refractivity contribution in [3.8, 4) is 0 Å². The summed E-state index contributed by atoms with van der Waals surface area (Å²) in [4.78, 5) is 4.10. The Morgan fingerprint density at radius 1 is 1.20 bits per heavy atom. The molecule has 0 bridgehead atoms. The quantitative estimate of drug-likeness (QED) is 0.699. The maximum atomic E-state index is 13.6. The molecular weight excluding hydrogens is 288 g/mol. The van der Waals surface area contributed by atoms with Gasteiger partial charge in [0.2, 0.25) is 0 Å². The number of hydrogen-bond acceptors (Lipinski definition) is 4. The lowest BCUT2D eigenvalue weighted by atomic mass is 10.3. The molecule has 0 spiro atoms. The summed E-state index contributed by atoms with van der Waals surface area (Å²) < 4.78 is 32.0. The molecule has 0 radical (unpaired) electrons. The molecule has 0 saturated carbocycles. The highest BCUT2D eigenvalue weighted by Crippen LogP contribution is 2.30. The van der Waals surface area contributed by atoms with Crippen molar-refractivity contribution in [3.05, 3.63) is 47.0 Å². The number of nitrogen functional groups attached to an aromatic ring is 1. The van der Waals surface area contributed by atoms with Gasteiger partial charge in [-0.3, -0.25) is 0 Å². The first-order valence-electron chi connectivity index (χ1n) is 5.60. The van der Waals surface area contributed by atoms with E-state index in [-0.39, 0.29) is 16.7 Å². The first-order chi connectivity index (χ1) is 9.52. The molecule has 0 aliphatic rings. The number of nitrogens with two attached hydrogens (primary N) is 1. The fourth-order valence-corrected chi connectivity index (χ4v) is 2.00. The van der Waals surface area contributed by atoms with Crippen molar-refractivity contribution in [2.45, 2.75) is 0 Å². The lowest BCUT2D eigenvalue weighted by molar-refractivity contribution is 0.582. The predicted molar refractivity (Wildman–Crippen MR) is 73.1 cm³/mol. The summed E-state index contributed by atoms with van der Waals surface area (Å²) in [7, 11) is 0. The van der Waals surface area contributed by atoms with Crippen molar-refractivity contribution < 1.29 is 13.2 Å². The molecule has 3 rings (SSSR count). The minimum absolute atomic E-state index is 0.0398. The monoisotopic (exact) mass is 295 g/mol. The molecule has 0 amide bonds. The van der Waals surface area contributed by atoms with Gasteiger partial charge in [-0.1, -0.05) is 11.6 Å². The van der Waals surface area contributed by atoms with Crippen molar-refractivity contribution in [2.75, 3.05) is 11.1 Å². The minimum Gasteiger partial charge on any atom is -0.423 e. The molecular formula is C13H8ClF2N3O. The van der Waals surface area contributed by atoms with Gasteiger partial charge in [-0.05, 0) is 18.2 Å². The van der Waals surface area contributed by atoms with Gasteiger partial charge in [0.1, 0.15) is 11.3 Å². The van der Waals surface area contributed by atoms with Crippen molar-refractivity contribution in [2.24, 2.45) is 0 Å². The Balaban J connectivity index is 2.01. The summed E-state index contributed by atoms with van der Waals surface area (Å²) in [6.07, 6.45) is 0. The van der Waals surface area contributed by atoms with Gasteiger partial charge < -0.3 is 15.5 Å². The van der Waals surface area contributed by atoms with Crippen LogP contribution in [-0.2, 0) is 0 Å². The van der Waals surface area contributed by atoms with Crippen LogP contribution in [0.15, 0.2) is 34.7 Å². The molecule has 7 heteroatoms. The van der Waals surface area contributed by atoms with Crippen LogP contribution in [0.3, 0.4) is 0 Å². The molecule has 0 saturated heterocycles. The van der Waals surface area contributed by atoms with Crippen LogP contribution in [0.1, 0.15) is 0 Å². The molecule has 0 unspecified atom stereocenters. The lowest BCUT2D eigenvalue weighted by Gasteiger charge is -2.05. The first kappa shape index (κ1) is 12.7. The van der Waals surface area contributed by atoms with Crippen LogP contribution in [0.5, 0.6) is 0 Å². The number of aromatic nitrogens is 1. The Morgan fingerprint density at radius 3 is 2.75 bits per heavy atom. The molecule has 0 aliphatic carbocycles. The third-order valence-electron chi connectivity index (χ3n) is 2.65. The van der Waals surface area contributed by atoms with E-state index in [0.717, 1.165) is 12.1 Å². The number of halogens is 3. The number of benzene rings is 2. The van der Waals surface area contributed by atoms with Gasteiger partial charge in [-0.15, -0.1) is 0 Å². The van der Waals surface area contributed by atoms with Crippen LogP contribution in [0.25, 0.3) is 11.1 Å². The topological polar surface area (TPSA) is 64.1 Å². The summed E-state index contributed by atoms with van der Waals surface area (Å²) in [6.45, 7) is 0. The zero-order valence-corrected chi connectivity index (χ0v) is 10.7. The van der Waals surface area contributed by atoms with Gasteiger partial charge >= 0.3 is 0 Å². The van der Waals surface area contributed by atoms with Crippen LogP contribution in [0.4, 0.5) is 26.2 Å². The summed E-state index contributed by atoms with van der Waals surface area (Å²) >= 11 is 5.78. The van der Waals surface area contributed by atoms with Crippen molar-refractivity contribution in [1.29, 1.82) is 0 Å². The number of nitrogens with zero attached hydrogens (tertiary/aromatic N) is 1. The van der Waals surface area contributed by atoms with E-state index >= 15 is 0 Å². The van der Waals surface area contributed by atoms with Crippen molar-refractivity contribution in [1.82, 2.24) is 4.98 Å². The van der Waals surface area contributed by atoms with E-state index in [4.69, 9.17) is 21.8 Å². The van der Waals surface area contributed by atoms with Crippen LogP contribution in [0, 0.1) is 11.6 Å². The standard InChI is InChI=1S/C13H8ClF2N3O/c14-8-3-6(15)4-9(16)12(8)19-13-18-10-2-1-7(17)5-11(10)20-13/h1-5H,17H2,(H,18,19). The lowest BCUT2D eigenvalue weighted by Crippen LogP contribution is -1.96. The smallest absolute Gasteiger partial charge is 0.300 e. The Labute approximate surface area is 117 Å². The van der Waals surface area contributed by atoms with Crippen LogP contribution in [0.2, 0.25) is 5.02 Å². The van der Waals surface area contributed by atoms with Gasteiger partial charge in [-0.2, -0.15) is 4.98 Å². The largest absolute Gasteiger partial charge is 0.423 e. The second-order valence-electron chi connectivity index (χ2n) is 4.12. The van der Waals surface area contributed by atoms with Gasteiger partial charge in [0.05, 0.1) is 10.7 Å². The van der Waals surface area contributed by atoms with Gasteiger partial charge in [-0.25, -0.2) is 8.78 Å². The average molecular weight is 296 g/mol. The Hall–Kier alpha value is -2.34. The molecule has 0 fully saturated rings. The normalized spacial score (nSPS) is 10.9. The van der Waals surface area contributed by atoms with E-state index < -0.39 is 11.6 Å². The Kier molecular flexibility index (Phi) is 2.94. The van der Waals surface area contributed by atoms with E-state index in [1.54, 1.807) is 18.2 Å². The average Bonchev–Trinajstić information content (AvgIpc) is 2.75. The molecule has 4 nitrogen and oxygen atoms in total. The van der Waals surface area contributed by atoms with Crippen molar-refractivity contribution in [3.63, 3.8) is 0 Å². The molecule has 2 aromatic carbocycles. The van der Waals surface area contributed by atoms with E-state index in [9.17, 15) is 8.78 Å². The van der Waals surface area contributed by atoms with Gasteiger partial charge in [0, 0.05) is 17.8 Å². The van der Waals surface area contributed by atoms with Crippen LogP contribution < -0.4 is 11.1 Å². The maximum absolute atomic E-state index is 13.6. The number of oxazole rings is 1. The molecule has 102 valence electrons. The summed E-state index contributed by atoms with van der Waals surface area (Å²) in [6, 6.07) is 6.68. The van der Waals surface area contributed by atoms with Gasteiger partial charge in [0.25, 0.3) is 6.01 Å². The molecule has 1 aromatic heterocycles. The van der Waals surface area contributed by atoms with E-state index in [2.05, 4.69) is 10.3 Å². The third kappa shape index (κ3) is 2.25. The summed E-state index contributed by atoms with van der Waals surface area (Å²) in [5.41, 5.74) is 7.04. The Morgan fingerprint density at radius 2 is 2.00 bits per heavy atom. The summed E-state index contributed by atoms with van der Waals surface area (Å²) in [5, 5.41) is 2.48. The zero-order chi connectivity index (χ0) is 14.3. The van der Waals surface area contributed by atoms with E-state index in [0.29, 0.717) is 16.8 Å². The number of rotatable bonds is 2. The fourth-order valence-electron chi connectivity index (χ4n) is 1.76. The highest BCUT2D eigenvalue weighted by atomic mass is 35.5. The first-order valence-corrected chi connectivity index (χ1v) is 5.98. The highest BCUT2D eigenvalue weighted by Gasteiger charge is 2.13. The minimum atomic E-state index is -0.836. The molecule has 3 aromatic rings. The second kappa shape index (κ2) is 4.64. The number of hydrogen-bond donors (Lipinski definition) is 2. The third-order valence-corrected chi connectivity index (χ3v) is 2.95. The molecule has 3 N–H and O–H groups in total. The van der Waals surface area contributed by atoms with E-state index in [1.807, 2.05) is 0 Å². The predicted octanol–water partition coefficient (Wildman–Crippen LogP) is 4.09. The molecule has 1 heterocycles. The van der Waals surface area contributed by atoms with Crippen LogP contribution in [-0.4, -0.2) is 4.98 Å². The Bertz CT molecular complexity index is 780. The van der Waals surface area contributed by atoms with E-state index in [1.165, 1.54) is 0 Å². The number of fused-ring (bicyclic) bond motifs is 1. The number of anilines is 3. The molecule has 0 atom stereocenters. The molecule has 20 heavy (non-hydrogen) atoms. The SMILES string of the molecule is Nc1ccc2nc(Nc3c(F)cc(F)cc3Cl)oc2c1. The maximum Gasteiger partial charge on any atom is 0.300 e. The van der Waals surface area contributed by atoms with Gasteiger partial charge in [0.15, 0.2) is 11.4 Å². The fraction of sp³-hybridized carbons (Fsp3) is 0. The zero-order valence-electron chi connectivity index (χ0n) is 9.95. The van der Waals surface area contributed by atoms with Crippen LogP contribution >= 0.6 is 11.6 Å². The summed E-state index contributed by atoms with van der Waals surface area (Å²) in [5.74, 6) is -1.60. The van der Waals surface area contributed by atoms with Crippen molar-refractivity contribution >= 4 is 40.1 Å². The molecule has 0 aliphatic heterocycles.